The van der Waals surface area contributed by atoms with Crippen LogP contribution in [0.5, 0.6) is 0 Å². The van der Waals surface area contributed by atoms with E-state index in [2.05, 4.69) is 71.3 Å². The average molecular weight is 251 g/mol. The van der Waals surface area contributed by atoms with Crippen LogP contribution >= 0.6 is 12.6 Å². The van der Waals surface area contributed by atoms with Crippen LogP contribution in [0.3, 0.4) is 0 Å². The summed E-state index contributed by atoms with van der Waals surface area (Å²) in [4.78, 5) is 2.30. The van der Waals surface area contributed by atoms with Crippen molar-refractivity contribution in [1.29, 1.82) is 0 Å². The van der Waals surface area contributed by atoms with Crippen molar-refractivity contribution in [2.75, 3.05) is 24.2 Å². The van der Waals surface area contributed by atoms with E-state index in [1.165, 1.54) is 22.4 Å². The lowest BCUT2D eigenvalue weighted by molar-refractivity contribution is 0.589. The Hall–Kier alpha value is -0.630. The van der Waals surface area contributed by atoms with Crippen molar-refractivity contribution in [2.45, 2.75) is 40.0 Å². The SMILES string of the molecule is Cc1cc(C(C)(C)C)cc(C)c1N(C)CCS. The Balaban J connectivity index is 3.20. The number of anilines is 1. The van der Waals surface area contributed by atoms with Crippen LogP contribution in [0.4, 0.5) is 5.69 Å². The normalized spacial score (nSPS) is 11.7. The van der Waals surface area contributed by atoms with Crippen LogP contribution in [0.1, 0.15) is 37.5 Å². The standard InChI is InChI=1S/C15H25NS/c1-11-9-13(15(3,4)5)10-12(2)14(11)16(6)7-8-17/h9-10,17H,7-8H2,1-6H3. The summed E-state index contributed by atoms with van der Waals surface area (Å²) in [7, 11) is 2.14. The molecule has 0 fully saturated rings. The fraction of sp³-hybridized carbons (Fsp3) is 0.600. The van der Waals surface area contributed by atoms with Gasteiger partial charge in [0, 0.05) is 25.0 Å². The average Bonchev–Trinajstić information content (AvgIpc) is 2.15. The number of benzene rings is 1. The zero-order chi connectivity index (χ0) is 13.2. The molecule has 0 saturated heterocycles. The number of rotatable bonds is 3. The minimum atomic E-state index is 0.218. The topological polar surface area (TPSA) is 3.24 Å². The van der Waals surface area contributed by atoms with Crippen LogP contribution in [-0.4, -0.2) is 19.3 Å². The van der Waals surface area contributed by atoms with Crippen molar-refractivity contribution in [1.82, 2.24) is 0 Å². The van der Waals surface area contributed by atoms with Gasteiger partial charge in [0.25, 0.3) is 0 Å². The summed E-state index contributed by atoms with van der Waals surface area (Å²) in [5.41, 5.74) is 5.71. The molecule has 17 heavy (non-hydrogen) atoms. The van der Waals surface area contributed by atoms with E-state index in [0.717, 1.165) is 12.3 Å². The summed E-state index contributed by atoms with van der Waals surface area (Å²) in [6.07, 6.45) is 0. The molecule has 0 aliphatic heterocycles. The molecular weight excluding hydrogens is 226 g/mol. The molecule has 0 N–H and O–H groups in total. The number of thiol groups is 1. The fourth-order valence-corrected chi connectivity index (χ4v) is 2.55. The van der Waals surface area contributed by atoms with Gasteiger partial charge in [-0.25, -0.2) is 0 Å². The molecule has 0 spiro atoms. The van der Waals surface area contributed by atoms with Gasteiger partial charge < -0.3 is 4.90 Å². The van der Waals surface area contributed by atoms with Crippen LogP contribution in [-0.2, 0) is 5.41 Å². The van der Waals surface area contributed by atoms with Gasteiger partial charge in [0.15, 0.2) is 0 Å². The Kier molecular flexibility index (Phi) is 4.54. The van der Waals surface area contributed by atoms with Crippen LogP contribution in [0.2, 0.25) is 0 Å². The highest BCUT2D eigenvalue weighted by atomic mass is 32.1. The van der Waals surface area contributed by atoms with Gasteiger partial charge in [0.1, 0.15) is 0 Å². The van der Waals surface area contributed by atoms with Gasteiger partial charge in [-0.05, 0) is 36.0 Å². The Bertz CT molecular complexity index is 367. The summed E-state index contributed by atoms with van der Waals surface area (Å²) in [5.74, 6) is 0.885. The molecule has 1 rings (SSSR count). The molecule has 96 valence electrons. The van der Waals surface area contributed by atoms with Crippen molar-refractivity contribution in [2.24, 2.45) is 0 Å². The Labute approximate surface area is 112 Å². The summed E-state index contributed by atoms with van der Waals surface area (Å²) < 4.78 is 0. The highest BCUT2D eigenvalue weighted by molar-refractivity contribution is 7.80. The van der Waals surface area contributed by atoms with E-state index in [1.807, 2.05) is 0 Å². The number of hydrogen-bond donors (Lipinski definition) is 1. The quantitative estimate of drug-likeness (QED) is 0.796. The third-order valence-corrected chi connectivity index (χ3v) is 3.37. The summed E-state index contributed by atoms with van der Waals surface area (Å²) in [6.45, 7) is 12.2. The monoisotopic (exact) mass is 251 g/mol. The number of nitrogens with zero attached hydrogens (tertiary/aromatic N) is 1. The van der Waals surface area contributed by atoms with E-state index in [4.69, 9.17) is 0 Å². The minimum Gasteiger partial charge on any atom is -0.373 e. The zero-order valence-corrected chi connectivity index (χ0v) is 12.9. The van der Waals surface area contributed by atoms with E-state index in [1.54, 1.807) is 0 Å². The molecule has 0 aliphatic carbocycles. The van der Waals surface area contributed by atoms with Crippen molar-refractivity contribution in [3.05, 3.63) is 28.8 Å². The molecule has 1 nitrogen and oxygen atoms in total. The molecule has 0 saturated carbocycles. The summed E-state index contributed by atoms with van der Waals surface area (Å²) >= 11 is 4.30. The molecular formula is C15H25NS. The van der Waals surface area contributed by atoms with E-state index in [0.29, 0.717) is 0 Å². The minimum absolute atomic E-state index is 0.218. The second-order valence-electron chi connectivity index (χ2n) is 5.85. The molecule has 0 heterocycles. The van der Waals surface area contributed by atoms with Gasteiger partial charge in [-0.1, -0.05) is 32.9 Å². The Morgan fingerprint density at radius 2 is 1.59 bits per heavy atom. The maximum atomic E-state index is 4.30. The second-order valence-corrected chi connectivity index (χ2v) is 6.30. The van der Waals surface area contributed by atoms with Crippen molar-refractivity contribution in [3.63, 3.8) is 0 Å². The van der Waals surface area contributed by atoms with Crippen molar-refractivity contribution < 1.29 is 0 Å². The Morgan fingerprint density at radius 3 is 1.94 bits per heavy atom. The van der Waals surface area contributed by atoms with Crippen molar-refractivity contribution >= 4 is 18.3 Å². The molecule has 0 bridgehead atoms. The van der Waals surface area contributed by atoms with E-state index < -0.39 is 0 Å². The van der Waals surface area contributed by atoms with Crippen LogP contribution in [0.15, 0.2) is 12.1 Å². The third-order valence-electron chi connectivity index (χ3n) is 3.17. The largest absolute Gasteiger partial charge is 0.373 e. The lowest BCUT2D eigenvalue weighted by Crippen LogP contribution is -2.22. The predicted octanol–water partition coefficient (Wildman–Crippen LogP) is 3.97. The molecule has 1 aromatic carbocycles. The van der Waals surface area contributed by atoms with Crippen LogP contribution in [0, 0.1) is 13.8 Å². The fourth-order valence-electron chi connectivity index (χ4n) is 2.25. The lowest BCUT2D eigenvalue weighted by atomic mass is 9.84. The highest BCUT2D eigenvalue weighted by Gasteiger charge is 2.17. The molecule has 0 aliphatic rings. The number of hydrogen-bond acceptors (Lipinski definition) is 2. The van der Waals surface area contributed by atoms with Crippen LogP contribution in [0.25, 0.3) is 0 Å². The maximum absolute atomic E-state index is 4.30. The van der Waals surface area contributed by atoms with Gasteiger partial charge in [-0.2, -0.15) is 12.6 Å². The van der Waals surface area contributed by atoms with Gasteiger partial charge in [-0.15, -0.1) is 0 Å². The van der Waals surface area contributed by atoms with E-state index in [9.17, 15) is 0 Å². The van der Waals surface area contributed by atoms with Gasteiger partial charge in [0.2, 0.25) is 0 Å². The van der Waals surface area contributed by atoms with Gasteiger partial charge in [-0.3, -0.25) is 0 Å². The predicted molar refractivity (Wildman–Crippen MR) is 81.7 cm³/mol. The molecule has 0 amide bonds. The Morgan fingerprint density at radius 1 is 1.12 bits per heavy atom. The molecule has 0 aromatic heterocycles. The third kappa shape index (κ3) is 3.41. The number of aryl methyl sites for hydroxylation is 2. The van der Waals surface area contributed by atoms with Crippen molar-refractivity contribution in [3.8, 4) is 0 Å². The first-order chi connectivity index (χ1) is 7.77. The first kappa shape index (κ1) is 14.4. The van der Waals surface area contributed by atoms with E-state index in [-0.39, 0.29) is 5.41 Å². The first-order valence-corrected chi connectivity index (χ1v) is 6.84. The molecule has 0 radical (unpaired) electrons. The maximum Gasteiger partial charge on any atom is 0.0423 e. The first-order valence-electron chi connectivity index (χ1n) is 6.21. The second kappa shape index (κ2) is 5.34. The lowest BCUT2D eigenvalue weighted by Gasteiger charge is -2.27. The smallest absolute Gasteiger partial charge is 0.0423 e. The molecule has 0 unspecified atom stereocenters. The van der Waals surface area contributed by atoms with Gasteiger partial charge >= 0.3 is 0 Å². The highest BCUT2D eigenvalue weighted by Crippen LogP contribution is 2.31. The van der Waals surface area contributed by atoms with E-state index >= 15 is 0 Å². The molecule has 2 heteroatoms. The zero-order valence-electron chi connectivity index (χ0n) is 12.0. The van der Waals surface area contributed by atoms with Gasteiger partial charge in [0.05, 0.1) is 0 Å². The molecule has 0 atom stereocenters. The summed E-state index contributed by atoms with van der Waals surface area (Å²) in [5, 5.41) is 0. The molecule has 1 aromatic rings. The van der Waals surface area contributed by atoms with Crippen LogP contribution < -0.4 is 4.90 Å². The summed E-state index contributed by atoms with van der Waals surface area (Å²) in [6, 6.07) is 4.63.